The molecule has 0 atom stereocenters. The topological polar surface area (TPSA) is 129 Å². The lowest BCUT2D eigenvalue weighted by Crippen LogP contribution is -2.33. The van der Waals surface area contributed by atoms with Crippen molar-refractivity contribution in [2.24, 2.45) is 0 Å². The summed E-state index contributed by atoms with van der Waals surface area (Å²) < 4.78 is 24.6. The van der Waals surface area contributed by atoms with Crippen LogP contribution in [0.15, 0.2) is 58.8 Å². The molecule has 3 rings (SSSR count). The summed E-state index contributed by atoms with van der Waals surface area (Å²) in [6, 6.07) is 14.7. The monoisotopic (exact) mass is 468 g/mol. The molecule has 0 fully saturated rings. The van der Waals surface area contributed by atoms with Gasteiger partial charge in [0.25, 0.3) is 5.91 Å². The highest BCUT2D eigenvalue weighted by Gasteiger charge is 2.20. The third-order valence-corrected chi connectivity index (χ3v) is 7.43. The van der Waals surface area contributed by atoms with E-state index in [0.29, 0.717) is 16.4 Å². The number of thiazole rings is 1. The van der Waals surface area contributed by atoms with Crippen LogP contribution in [0.25, 0.3) is 11.3 Å². The summed E-state index contributed by atoms with van der Waals surface area (Å²) in [5, 5.41) is 15.5. The Morgan fingerprint density at radius 2 is 1.88 bits per heavy atom. The van der Waals surface area contributed by atoms with Crippen molar-refractivity contribution >= 4 is 38.1 Å². The molecule has 1 aromatic heterocycles. The van der Waals surface area contributed by atoms with Crippen molar-refractivity contribution in [2.75, 3.05) is 11.9 Å². The highest BCUT2D eigenvalue weighted by Crippen LogP contribution is 2.25. The van der Waals surface area contributed by atoms with Crippen LogP contribution in [0.1, 0.15) is 29.8 Å². The van der Waals surface area contributed by atoms with Gasteiger partial charge < -0.3 is 10.6 Å². The Bertz CT molecular complexity index is 1290. The molecular weight excluding hydrogens is 448 g/mol. The van der Waals surface area contributed by atoms with Crippen molar-refractivity contribution in [3.8, 4) is 17.3 Å². The van der Waals surface area contributed by atoms with Gasteiger partial charge in [0, 0.05) is 16.5 Å². The minimum absolute atomic E-state index is 0.0581. The van der Waals surface area contributed by atoms with E-state index in [2.05, 4.69) is 15.6 Å². The second kappa shape index (κ2) is 9.72. The third-order valence-electron chi connectivity index (χ3n) is 4.52. The fourth-order valence-corrected chi connectivity index (χ4v) is 4.53. The van der Waals surface area contributed by atoms with Gasteiger partial charge in [-0.3, -0.25) is 9.59 Å². The first-order chi connectivity index (χ1) is 15.2. The van der Waals surface area contributed by atoms with E-state index in [1.165, 1.54) is 35.6 Å². The van der Waals surface area contributed by atoms with E-state index in [1.54, 1.807) is 43.5 Å². The summed E-state index contributed by atoms with van der Waals surface area (Å²) in [6.45, 7) is 2.83. The van der Waals surface area contributed by atoms with Crippen LogP contribution in [-0.4, -0.2) is 37.0 Å². The molecule has 8 nitrogen and oxygen atoms in total. The molecule has 0 aliphatic carbocycles. The van der Waals surface area contributed by atoms with Crippen LogP contribution in [0.3, 0.4) is 0 Å². The van der Waals surface area contributed by atoms with Crippen molar-refractivity contribution in [1.82, 2.24) is 10.3 Å². The Morgan fingerprint density at radius 3 is 2.53 bits per heavy atom. The molecule has 2 aromatic carbocycles. The van der Waals surface area contributed by atoms with Gasteiger partial charge in [-0.15, -0.1) is 11.3 Å². The standard InChI is InChI=1S/C22H20N4O4S2/c1-14(2)32(29,30)18-5-3-4-17(10-18)21(28)24-12-20(27)26-22-25-19(13-31-22)16-8-6-15(11-23)7-9-16/h3-10,13-14H,12H2,1-2H3,(H,24,28)(H,25,26,27). The van der Waals surface area contributed by atoms with E-state index in [0.717, 1.165) is 5.56 Å². The first kappa shape index (κ1) is 23.1. The quantitative estimate of drug-likeness (QED) is 0.548. The van der Waals surface area contributed by atoms with Crippen molar-refractivity contribution in [2.45, 2.75) is 24.0 Å². The number of anilines is 1. The van der Waals surface area contributed by atoms with Crippen molar-refractivity contribution in [3.05, 3.63) is 65.0 Å². The summed E-state index contributed by atoms with van der Waals surface area (Å²) in [4.78, 5) is 29.0. The summed E-state index contributed by atoms with van der Waals surface area (Å²) in [7, 11) is -3.51. The van der Waals surface area contributed by atoms with Gasteiger partial charge in [0.1, 0.15) is 0 Å². The Balaban J connectivity index is 1.59. The summed E-state index contributed by atoms with van der Waals surface area (Å²) in [5.74, 6) is -1.02. The number of nitriles is 1. The normalized spacial score (nSPS) is 11.1. The molecule has 0 aliphatic rings. The highest BCUT2D eigenvalue weighted by molar-refractivity contribution is 7.92. The number of amides is 2. The number of nitrogens with zero attached hydrogens (tertiary/aromatic N) is 2. The molecule has 164 valence electrons. The number of carbonyl (C=O) groups excluding carboxylic acids is 2. The Labute approximate surface area is 189 Å². The van der Waals surface area contributed by atoms with Crippen molar-refractivity contribution in [3.63, 3.8) is 0 Å². The molecule has 0 radical (unpaired) electrons. The fraction of sp³-hybridized carbons (Fsp3) is 0.182. The number of hydrogen-bond donors (Lipinski definition) is 2. The number of hydrogen-bond acceptors (Lipinski definition) is 7. The first-order valence-corrected chi connectivity index (χ1v) is 12.0. The molecule has 2 amide bonds. The van der Waals surface area contributed by atoms with E-state index in [-0.39, 0.29) is 17.0 Å². The maximum Gasteiger partial charge on any atom is 0.251 e. The van der Waals surface area contributed by atoms with Crippen LogP contribution in [0, 0.1) is 11.3 Å². The molecule has 10 heteroatoms. The minimum Gasteiger partial charge on any atom is -0.343 e. The summed E-state index contributed by atoms with van der Waals surface area (Å²) in [6.07, 6.45) is 0. The number of benzene rings is 2. The molecule has 32 heavy (non-hydrogen) atoms. The second-order valence-corrected chi connectivity index (χ2v) is 10.4. The molecule has 1 heterocycles. The Hall–Kier alpha value is -3.55. The van der Waals surface area contributed by atoms with Crippen LogP contribution in [-0.2, 0) is 14.6 Å². The lowest BCUT2D eigenvalue weighted by atomic mass is 10.1. The Kier molecular flexibility index (Phi) is 7.02. The molecule has 0 spiro atoms. The van der Waals surface area contributed by atoms with Gasteiger partial charge >= 0.3 is 0 Å². The molecule has 0 saturated carbocycles. The van der Waals surface area contributed by atoms with Crippen LogP contribution < -0.4 is 10.6 Å². The largest absolute Gasteiger partial charge is 0.343 e. The average molecular weight is 469 g/mol. The second-order valence-electron chi connectivity index (χ2n) is 7.08. The molecular formula is C22H20N4O4S2. The number of aromatic nitrogens is 1. The predicted octanol–water partition coefficient (Wildman–Crippen LogP) is 3.23. The Morgan fingerprint density at radius 1 is 1.16 bits per heavy atom. The summed E-state index contributed by atoms with van der Waals surface area (Å²) in [5.41, 5.74) is 2.16. The van der Waals surface area contributed by atoms with Crippen LogP contribution in [0.5, 0.6) is 0 Å². The maximum absolute atomic E-state index is 12.4. The molecule has 0 bridgehead atoms. The van der Waals surface area contributed by atoms with Gasteiger partial charge in [-0.25, -0.2) is 13.4 Å². The first-order valence-electron chi connectivity index (χ1n) is 9.59. The summed E-state index contributed by atoms with van der Waals surface area (Å²) >= 11 is 1.23. The van der Waals surface area contributed by atoms with Crippen LogP contribution in [0.2, 0.25) is 0 Å². The maximum atomic E-state index is 12.4. The number of sulfone groups is 1. The molecule has 2 N–H and O–H groups in total. The van der Waals surface area contributed by atoms with Crippen molar-refractivity contribution in [1.29, 1.82) is 5.26 Å². The zero-order valence-electron chi connectivity index (χ0n) is 17.3. The third kappa shape index (κ3) is 5.38. The van der Waals surface area contributed by atoms with E-state index >= 15 is 0 Å². The minimum atomic E-state index is -3.51. The number of carbonyl (C=O) groups is 2. The molecule has 0 unspecified atom stereocenters. The smallest absolute Gasteiger partial charge is 0.251 e. The molecule has 0 aliphatic heterocycles. The number of nitrogens with one attached hydrogen (secondary N) is 2. The van der Waals surface area contributed by atoms with Gasteiger partial charge in [0.2, 0.25) is 5.91 Å². The van der Waals surface area contributed by atoms with Gasteiger partial charge in [-0.2, -0.15) is 5.26 Å². The van der Waals surface area contributed by atoms with Crippen LogP contribution >= 0.6 is 11.3 Å². The fourth-order valence-electron chi connectivity index (χ4n) is 2.69. The van der Waals surface area contributed by atoms with E-state index < -0.39 is 26.9 Å². The zero-order chi connectivity index (χ0) is 23.3. The van der Waals surface area contributed by atoms with E-state index in [1.807, 2.05) is 6.07 Å². The highest BCUT2D eigenvalue weighted by atomic mass is 32.2. The number of rotatable bonds is 7. The van der Waals surface area contributed by atoms with Gasteiger partial charge in [0.05, 0.1) is 34.0 Å². The van der Waals surface area contributed by atoms with Gasteiger partial charge in [-0.1, -0.05) is 18.2 Å². The van der Waals surface area contributed by atoms with Gasteiger partial charge in [0.15, 0.2) is 15.0 Å². The van der Waals surface area contributed by atoms with Gasteiger partial charge in [-0.05, 0) is 44.2 Å². The zero-order valence-corrected chi connectivity index (χ0v) is 19.0. The van der Waals surface area contributed by atoms with E-state index in [4.69, 9.17) is 5.26 Å². The van der Waals surface area contributed by atoms with E-state index in [9.17, 15) is 18.0 Å². The van der Waals surface area contributed by atoms with Crippen LogP contribution in [0.4, 0.5) is 5.13 Å². The average Bonchev–Trinajstić information content (AvgIpc) is 3.25. The molecule has 3 aromatic rings. The SMILES string of the molecule is CC(C)S(=O)(=O)c1cccc(C(=O)NCC(=O)Nc2nc(-c3ccc(C#N)cc3)cs2)c1. The van der Waals surface area contributed by atoms with Crippen molar-refractivity contribution < 1.29 is 18.0 Å². The lowest BCUT2D eigenvalue weighted by Gasteiger charge is -2.10. The lowest BCUT2D eigenvalue weighted by molar-refractivity contribution is -0.115. The predicted molar refractivity (Wildman–Crippen MR) is 122 cm³/mol. The molecule has 0 saturated heterocycles.